The van der Waals surface area contributed by atoms with Crippen molar-refractivity contribution < 1.29 is 19.4 Å². The second kappa shape index (κ2) is 6.83. The highest BCUT2D eigenvalue weighted by molar-refractivity contribution is 5.80. The molecule has 0 amide bonds. The molecule has 1 N–H and O–H groups in total. The summed E-state index contributed by atoms with van der Waals surface area (Å²) in [7, 11) is 0. The van der Waals surface area contributed by atoms with Crippen molar-refractivity contribution in [3.63, 3.8) is 0 Å². The summed E-state index contributed by atoms with van der Waals surface area (Å²) < 4.78 is 4.89. The van der Waals surface area contributed by atoms with Crippen LogP contribution in [0.4, 0.5) is 0 Å². The van der Waals surface area contributed by atoms with E-state index in [1.54, 1.807) is 13.8 Å². The number of esters is 1. The summed E-state index contributed by atoms with van der Waals surface area (Å²) in [5.74, 6) is -0.929. The normalized spacial score (nSPS) is 13.5. The molecule has 0 aliphatic rings. The topological polar surface area (TPSA) is 76.0 Å². The fraction of sp³-hybridized carbons (Fsp3) is 0.429. The van der Waals surface area contributed by atoms with Crippen LogP contribution >= 0.6 is 0 Å². The van der Waals surface area contributed by atoms with Crippen molar-refractivity contribution in [3.8, 4) is 0 Å². The molecule has 0 saturated carbocycles. The van der Waals surface area contributed by atoms with Crippen molar-refractivity contribution in [1.82, 2.24) is 0 Å². The van der Waals surface area contributed by atoms with E-state index in [0.717, 1.165) is 5.56 Å². The van der Waals surface area contributed by atoms with E-state index in [-0.39, 0.29) is 6.42 Å². The lowest BCUT2D eigenvalue weighted by Gasteiger charge is -2.21. The molecule has 0 saturated heterocycles. The number of nitrogens with zero attached hydrogens (tertiary/aromatic N) is 1. The van der Waals surface area contributed by atoms with Crippen LogP contribution in [0.25, 0.3) is 0 Å². The highest BCUT2D eigenvalue weighted by Crippen LogP contribution is 2.18. The fourth-order valence-corrected chi connectivity index (χ4v) is 1.55. The lowest BCUT2D eigenvalue weighted by Crippen LogP contribution is -2.40. The molecule has 102 valence electrons. The molecule has 0 bridgehead atoms. The van der Waals surface area contributed by atoms with Crippen LogP contribution in [-0.4, -0.2) is 29.0 Å². The molecular weight excluding hydrogens is 246 g/mol. The summed E-state index contributed by atoms with van der Waals surface area (Å²) in [6, 6.07) is 9.29. The summed E-state index contributed by atoms with van der Waals surface area (Å²) in [4.78, 5) is 25.3. The van der Waals surface area contributed by atoms with Gasteiger partial charge in [0.25, 0.3) is 5.72 Å². The Hall–Kier alpha value is -1.97. The molecule has 1 atom stereocenters. The van der Waals surface area contributed by atoms with Crippen molar-refractivity contribution in [2.75, 3.05) is 0 Å². The average molecular weight is 263 g/mol. The van der Waals surface area contributed by atoms with E-state index in [1.165, 1.54) is 6.08 Å². The van der Waals surface area contributed by atoms with Gasteiger partial charge in [0.05, 0.1) is 6.10 Å². The van der Waals surface area contributed by atoms with E-state index in [9.17, 15) is 14.7 Å². The Morgan fingerprint density at radius 1 is 1.42 bits per heavy atom. The smallest absolute Gasteiger partial charge is 0.362 e. The van der Waals surface area contributed by atoms with Crippen LogP contribution in [0.15, 0.2) is 35.3 Å². The zero-order valence-electron chi connectivity index (χ0n) is 11.0. The molecule has 0 fully saturated rings. The molecule has 0 aromatic heterocycles. The number of benzene rings is 1. The summed E-state index contributed by atoms with van der Waals surface area (Å²) in [6.45, 7) is 3.31. The second-order valence-corrected chi connectivity index (χ2v) is 4.46. The molecular formula is C14H17NO4. The quantitative estimate of drug-likeness (QED) is 0.480. The number of aliphatic imine (C=N–C) groups is 1. The van der Waals surface area contributed by atoms with Crippen molar-refractivity contribution in [3.05, 3.63) is 35.9 Å². The van der Waals surface area contributed by atoms with Crippen LogP contribution in [-0.2, 0) is 20.7 Å². The first-order valence-electron chi connectivity index (χ1n) is 6.04. The van der Waals surface area contributed by atoms with E-state index in [2.05, 4.69) is 4.99 Å². The van der Waals surface area contributed by atoms with Gasteiger partial charge in [0, 0.05) is 6.42 Å². The molecule has 1 unspecified atom stereocenters. The van der Waals surface area contributed by atoms with E-state index in [0.29, 0.717) is 6.42 Å². The monoisotopic (exact) mass is 263 g/mol. The summed E-state index contributed by atoms with van der Waals surface area (Å²) >= 11 is 0. The third-order valence-corrected chi connectivity index (χ3v) is 2.51. The lowest BCUT2D eigenvalue weighted by atomic mass is 10.0. The fourth-order valence-electron chi connectivity index (χ4n) is 1.55. The standard InChI is InChI=1S/C14H17NO4/c1-11(2)19-13(17)14(18,15-10-16)9-8-12-6-4-3-5-7-12/h3-7,11,18H,8-9H2,1-2H3. The van der Waals surface area contributed by atoms with Crippen LogP contribution in [0, 0.1) is 0 Å². The lowest BCUT2D eigenvalue weighted by molar-refractivity contribution is -0.169. The van der Waals surface area contributed by atoms with Gasteiger partial charge in [-0.05, 0) is 25.8 Å². The summed E-state index contributed by atoms with van der Waals surface area (Å²) in [6.07, 6.45) is 1.20. The van der Waals surface area contributed by atoms with E-state index in [1.807, 2.05) is 30.3 Å². The van der Waals surface area contributed by atoms with Crippen LogP contribution in [0.2, 0.25) is 0 Å². The number of aryl methyl sites for hydroxylation is 1. The molecule has 0 spiro atoms. The Kier molecular flexibility index (Phi) is 5.42. The van der Waals surface area contributed by atoms with Gasteiger partial charge in [0.15, 0.2) is 0 Å². The molecule has 5 heteroatoms. The Morgan fingerprint density at radius 2 is 2.05 bits per heavy atom. The maximum absolute atomic E-state index is 11.7. The predicted molar refractivity (Wildman–Crippen MR) is 69.1 cm³/mol. The highest BCUT2D eigenvalue weighted by Gasteiger charge is 2.38. The third-order valence-electron chi connectivity index (χ3n) is 2.51. The third kappa shape index (κ3) is 4.66. The highest BCUT2D eigenvalue weighted by atomic mass is 16.6. The Bertz CT molecular complexity index is 466. The number of rotatable bonds is 6. The van der Waals surface area contributed by atoms with Crippen LogP contribution in [0.3, 0.4) is 0 Å². The maximum Gasteiger partial charge on any atom is 0.362 e. The van der Waals surface area contributed by atoms with Crippen molar-refractivity contribution >= 4 is 12.0 Å². The minimum Gasteiger partial charge on any atom is -0.459 e. The molecule has 0 aliphatic carbocycles. The first kappa shape index (κ1) is 15.1. The first-order valence-corrected chi connectivity index (χ1v) is 6.04. The van der Waals surface area contributed by atoms with Gasteiger partial charge in [-0.25, -0.2) is 9.59 Å². The van der Waals surface area contributed by atoms with Crippen LogP contribution < -0.4 is 0 Å². The molecule has 19 heavy (non-hydrogen) atoms. The van der Waals surface area contributed by atoms with E-state index >= 15 is 0 Å². The number of ether oxygens (including phenoxy) is 1. The van der Waals surface area contributed by atoms with Gasteiger partial charge in [0.2, 0.25) is 6.08 Å². The van der Waals surface area contributed by atoms with Crippen molar-refractivity contribution in [1.29, 1.82) is 0 Å². The number of hydrogen-bond acceptors (Lipinski definition) is 5. The van der Waals surface area contributed by atoms with Gasteiger partial charge >= 0.3 is 5.97 Å². The number of carbonyl (C=O) groups excluding carboxylic acids is 2. The predicted octanol–water partition coefficient (Wildman–Crippen LogP) is 1.60. The number of isocyanates is 1. The molecule has 0 radical (unpaired) electrons. The van der Waals surface area contributed by atoms with Crippen molar-refractivity contribution in [2.45, 2.75) is 38.5 Å². The maximum atomic E-state index is 11.7. The summed E-state index contributed by atoms with van der Waals surface area (Å²) in [5.41, 5.74) is -1.23. The van der Waals surface area contributed by atoms with Crippen molar-refractivity contribution in [2.24, 2.45) is 4.99 Å². The molecule has 1 rings (SSSR count). The Balaban J connectivity index is 2.76. The second-order valence-electron chi connectivity index (χ2n) is 4.46. The number of aliphatic hydroxyl groups is 1. The van der Waals surface area contributed by atoms with Gasteiger partial charge < -0.3 is 9.84 Å². The van der Waals surface area contributed by atoms with Gasteiger partial charge in [-0.3, -0.25) is 0 Å². The SMILES string of the molecule is CC(C)OC(=O)C(O)(CCc1ccccc1)N=C=O. The van der Waals surface area contributed by atoms with Gasteiger partial charge in [-0.2, -0.15) is 4.99 Å². The first-order chi connectivity index (χ1) is 8.98. The van der Waals surface area contributed by atoms with Crippen LogP contribution in [0.1, 0.15) is 25.8 Å². The van der Waals surface area contributed by atoms with Gasteiger partial charge in [-0.15, -0.1) is 0 Å². The Labute approximate surface area is 111 Å². The zero-order chi connectivity index (χ0) is 14.3. The van der Waals surface area contributed by atoms with Gasteiger partial charge in [-0.1, -0.05) is 30.3 Å². The van der Waals surface area contributed by atoms with Gasteiger partial charge in [0.1, 0.15) is 0 Å². The molecule has 1 aromatic carbocycles. The summed E-state index contributed by atoms with van der Waals surface area (Å²) in [5, 5.41) is 10.1. The molecule has 0 aliphatic heterocycles. The largest absolute Gasteiger partial charge is 0.459 e. The minimum atomic E-state index is -2.16. The average Bonchev–Trinajstić information content (AvgIpc) is 2.37. The van der Waals surface area contributed by atoms with E-state index in [4.69, 9.17) is 4.74 Å². The number of carbonyl (C=O) groups is 1. The molecule has 5 nitrogen and oxygen atoms in total. The zero-order valence-corrected chi connectivity index (χ0v) is 11.0. The Morgan fingerprint density at radius 3 is 2.58 bits per heavy atom. The number of hydrogen-bond donors (Lipinski definition) is 1. The molecule has 1 aromatic rings. The van der Waals surface area contributed by atoms with E-state index < -0.39 is 17.8 Å². The van der Waals surface area contributed by atoms with Crippen LogP contribution in [0.5, 0.6) is 0 Å². The molecule has 0 heterocycles. The minimum absolute atomic E-state index is 0.0300.